The molecule has 0 bridgehead atoms. The first-order valence-corrected chi connectivity index (χ1v) is 6.51. The third-order valence-electron chi connectivity index (χ3n) is 3.80. The highest BCUT2D eigenvalue weighted by Crippen LogP contribution is 2.28. The molecule has 0 unspecified atom stereocenters. The van der Waals surface area contributed by atoms with Crippen molar-refractivity contribution in [2.24, 2.45) is 7.05 Å². The van der Waals surface area contributed by atoms with Crippen LogP contribution in [0, 0.1) is 6.92 Å². The summed E-state index contributed by atoms with van der Waals surface area (Å²) in [6, 6.07) is 19.3. The lowest BCUT2D eigenvalue weighted by Crippen LogP contribution is -2.08. The zero-order valence-corrected chi connectivity index (χ0v) is 11.6. The first-order chi connectivity index (χ1) is 9.16. The van der Waals surface area contributed by atoms with Gasteiger partial charge in [-0.2, -0.15) is 0 Å². The van der Waals surface area contributed by atoms with Gasteiger partial charge in [0.05, 0.1) is 0 Å². The maximum absolute atomic E-state index is 2.25. The monoisotopic (exact) mass is 250 g/mol. The highest BCUT2D eigenvalue weighted by atomic mass is 15.1. The molecule has 1 heterocycles. The van der Waals surface area contributed by atoms with Crippen LogP contribution in [0.4, 0.5) is 11.4 Å². The lowest BCUT2D eigenvalue weighted by Gasteiger charge is -2.19. The van der Waals surface area contributed by atoms with Gasteiger partial charge in [0, 0.05) is 42.1 Å². The number of aryl methyl sites for hydroxylation is 2. The van der Waals surface area contributed by atoms with Gasteiger partial charge in [-0.15, -0.1) is 0 Å². The maximum Gasteiger partial charge on any atom is 0.0481 e. The molecule has 0 saturated carbocycles. The van der Waals surface area contributed by atoms with Crippen LogP contribution in [0.3, 0.4) is 0 Å². The van der Waals surface area contributed by atoms with Gasteiger partial charge in [0.15, 0.2) is 0 Å². The predicted molar refractivity (Wildman–Crippen MR) is 82.2 cm³/mol. The van der Waals surface area contributed by atoms with Gasteiger partial charge in [-0.1, -0.05) is 18.2 Å². The Bertz CT molecular complexity index is 711. The number of aromatic nitrogens is 1. The van der Waals surface area contributed by atoms with Crippen LogP contribution in [0.25, 0.3) is 10.9 Å². The zero-order valence-electron chi connectivity index (χ0n) is 11.6. The summed E-state index contributed by atoms with van der Waals surface area (Å²) in [6.07, 6.45) is 0. The van der Waals surface area contributed by atoms with E-state index in [-0.39, 0.29) is 0 Å². The van der Waals surface area contributed by atoms with Gasteiger partial charge in [-0.05, 0) is 43.3 Å². The average molecular weight is 250 g/mol. The molecule has 0 aliphatic carbocycles. The Labute approximate surface area is 113 Å². The molecule has 0 saturated heterocycles. The summed E-state index contributed by atoms with van der Waals surface area (Å²) in [6.45, 7) is 2.14. The molecule has 96 valence electrons. The van der Waals surface area contributed by atoms with Crippen molar-refractivity contribution in [3.05, 3.63) is 60.3 Å². The summed E-state index contributed by atoms with van der Waals surface area (Å²) in [4.78, 5) is 2.21. The van der Waals surface area contributed by atoms with Crippen molar-refractivity contribution in [1.29, 1.82) is 0 Å². The molecule has 2 heteroatoms. The molecule has 0 spiro atoms. The number of nitrogens with zero attached hydrogens (tertiary/aromatic N) is 2. The van der Waals surface area contributed by atoms with Crippen LogP contribution in [-0.4, -0.2) is 11.6 Å². The topological polar surface area (TPSA) is 8.17 Å². The summed E-state index contributed by atoms with van der Waals surface area (Å²) in [5.41, 5.74) is 4.98. The van der Waals surface area contributed by atoms with Gasteiger partial charge >= 0.3 is 0 Å². The van der Waals surface area contributed by atoms with E-state index in [0.717, 1.165) is 0 Å². The Morgan fingerprint density at radius 2 is 1.63 bits per heavy atom. The Kier molecular flexibility index (Phi) is 2.79. The second-order valence-corrected chi connectivity index (χ2v) is 4.98. The zero-order chi connectivity index (χ0) is 13.4. The fraction of sp³-hybridized carbons (Fsp3) is 0.176. The summed E-state index contributed by atoms with van der Waals surface area (Å²) < 4.78 is 2.22. The average Bonchev–Trinajstić information content (AvgIpc) is 2.74. The molecule has 0 amide bonds. The van der Waals surface area contributed by atoms with E-state index in [9.17, 15) is 0 Å². The smallest absolute Gasteiger partial charge is 0.0481 e. The van der Waals surface area contributed by atoms with Crippen LogP contribution in [0.2, 0.25) is 0 Å². The standard InChI is InChI=1S/C17H18N2/c1-13-11-14-12-16(9-10-17(14)18(13)2)19(3)15-7-5-4-6-8-15/h4-12H,1-3H3. The normalized spacial score (nSPS) is 10.9. The summed E-state index contributed by atoms with van der Waals surface area (Å²) in [7, 11) is 4.21. The third kappa shape index (κ3) is 1.99. The third-order valence-corrected chi connectivity index (χ3v) is 3.80. The van der Waals surface area contributed by atoms with Crippen LogP contribution >= 0.6 is 0 Å². The number of hydrogen-bond acceptors (Lipinski definition) is 1. The van der Waals surface area contributed by atoms with Gasteiger partial charge in [0.25, 0.3) is 0 Å². The quantitative estimate of drug-likeness (QED) is 0.660. The molecular weight excluding hydrogens is 232 g/mol. The highest BCUT2D eigenvalue weighted by Gasteiger charge is 2.07. The van der Waals surface area contributed by atoms with Crippen molar-refractivity contribution in [2.45, 2.75) is 6.92 Å². The van der Waals surface area contributed by atoms with Crippen LogP contribution in [0.5, 0.6) is 0 Å². The van der Waals surface area contributed by atoms with Crippen LogP contribution in [0.1, 0.15) is 5.69 Å². The molecule has 0 aliphatic heterocycles. The minimum absolute atomic E-state index is 1.20. The van der Waals surface area contributed by atoms with E-state index in [2.05, 4.69) is 79.0 Å². The number of anilines is 2. The van der Waals surface area contributed by atoms with Gasteiger partial charge in [-0.25, -0.2) is 0 Å². The molecule has 0 radical (unpaired) electrons. The van der Waals surface area contributed by atoms with Crippen molar-refractivity contribution < 1.29 is 0 Å². The molecular formula is C17H18N2. The number of para-hydroxylation sites is 1. The Hall–Kier alpha value is -2.22. The summed E-state index contributed by atoms with van der Waals surface area (Å²) in [5.74, 6) is 0. The van der Waals surface area contributed by atoms with Crippen molar-refractivity contribution in [2.75, 3.05) is 11.9 Å². The number of rotatable bonds is 2. The van der Waals surface area contributed by atoms with E-state index in [1.807, 2.05) is 6.07 Å². The van der Waals surface area contributed by atoms with Crippen LogP contribution in [-0.2, 0) is 7.05 Å². The molecule has 1 aromatic heterocycles. The van der Waals surface area contributed by atoms with Gasteiger partial charge in [-0.3, -0.25) is 0 Å². The first kappa shape index (κ1) is 11.8. The molecule has 3 rings (SSSR count). The number of benzene rings is 2. The van der Waals surface area contributed by atoms with Gasteiger partial charge in [0.2, 0.25) is 0 Å². The minimum atomic E-state index is 1.20. The molecule has 19 heavy (non-hydrogen) atoms. The first-order valence-electron chi connectivity index (χ1n) is 6.51. The van der Waals surface area contributed by atoms with Crippen molar-refractivity contribution >= 4 is 22.3 Å². The van der Waals surface area contributed by atoms with E-state index in [0.29, 0.717) is 0 Å². The summed E-state index contributed by atoms with van der Waals surface area (Å²) in [5, 5.41) is 1.29. The minimum Gasteiger partial charge on any atom is -0.348 e. The summed E-state index contributed by atoms with van der Waals surface area (Å²) >= 11 is 0. The Morgan fingerprint density at radius 1 is 0.895 bits per heavy atom. The molecule has 0 aliphatic rings. The van der Waals surface area contributed by atoms with E-state index in [1.165, 1.54) is 28.0 Å². The maximum atomic E-state index is 2.25. The molecule has 0 N–H and O–H groups in total. The van der Waals surface area contributed by atoms with Crippen molar-refractivity contribution in [3.63, 3.8) is 0 Å². The molecule has 0 fully saturated rings. The van der Waals surface area contributed by atoms with E-state index >= 15 is 0 Å². The predicted octanol–water partition coefficient (Wildman–Crippen LogP) is 4.25. The Morgan fingerprint density at radius 3 is 2.37 bits per heavy atom. The molecule has 0 atom stereocenters. The van der Waals surface area contributed by atoms with E-state index in [1.54, 1.807) is 0 Å². The Balaban J connectivity index is 2.06. The second-order valence-electron chi connectivity index (χ2n) is 4.98. The van der Waals surface area contributed by atoms with E-state index < -0.39 is 0 Å². The largest absolute Gasteiger partial charge is 0.348 e. The SMILES string of the molecule is Cc1cc2cc(N(C)c3ccccc3)ccc2n1C. The second kappa shape index (κ2) is 4.47. The van der Waals surface area contributed by atoms with Crippen molar-refractivity contribution in [1.82, 2.24) is 4.57 Å². The van der Waals surface area contributed by atoms with Crippen LogP contribution in [0.15, 0.2) is 54.6 Å². The fourth-order valence-electron chi connectivity index (χ4n) is 2.48. The van der Waals surface area contributed by atoms with Crippen molar-refractivity contribution in [3.8, 4) is 0 Å². The lowest BCUT2D eigenvalue weighted by molar-refractivity contribution is 0.918. The van der Waals surface area contributed by atoms with Gasteiger partial charge in [0.1, 0.15) is 0 Å². The fourth-order valence-corrected chi connectivity index (χ4v) is 2.48. The highest BCUT2D eigenvalue weighted by molar-refractivity contribution is 5.86. The number of hydrogen-bond donors (Lipinski definition) is 0. The van der Waals surface area contributed by atoms with Crippen LogP contribution < -0.4 is 4.90 Å². The van der Waals surface area contributed by atoms with Gasteiger partial charge < -0.3 is 9.47 Å². The molecule has 3 aromatic rings. The number of fused-ring (bicyclic) bond motifs is 1. The molecule has 2 nitrogen and oxygen atoms in total. The van der Waals surface area contributed by atoms with E-state index in [4.69, 9.17) is 0 Å². The molecule has 2 aromatic carbocycles. The lowest BCUT2D eigenvalue weighted by atomic mass is 10.2.